The van der Waals surface area contributed by atoms with E-state index < -0.39 is 14.8 Å². The van der Waals surface area contributed by atoms with Crippen molar-refractivity contribution in [2.24, 2.45) is 0 Å². The van der Waals surface area contributed by atoms with Crippen LogP contribution in [0.15, 0.2) is 6.33 Å². The molecule has 2 aliphatic rings. The second kappa shape index (κ2) is 4.26. The van der Waals surface area contributed by atoms with E-state index >= 15 is 0 Å². The predicted molar refractivity (Wildman–Crippen MR) is 67.8 cm³/mol. The number of hydrogen-bond acceptors (Lipinski definition) is 5. The van der Waals surface area contributed by atoms with Crippen LogP contribution in [0.5, 0.6) is 0 Å². The van der Waals surface area contributed by atoms with E-state index in [4.69, 9.17) is 4.74 Å². The molecule has 0 radical (unpaired) electrons. The number of sulfonamides is 1. The molecule has 1 N–H and O–H groups in total. The summed E-state index contributed by atoms with van der Waals surface area (Å²) in [5, 5.41) is 6.59. The fraction of sp³-hybridized carbons (Fsp3) is 0.818. The number of H-pyrrole nitrogens is 1. The van der Waals surface area contributed by atoms with Crippen LogP contribution in [-0.4, -0.2) is 52.4 Å². The molecule has 19 heavy (non-hydrogen) atoms. The molecule has 0 bridgehead atoms. The zero-order chi connectivity index (χ0) is 13.7. The van der Waals surface area contributed by atoms with Gasteiger partial charge in [0.25, 0.3) is 0 Å². The van der Waals surface area contributed by atoms with Gasteiger partial charge in [0.1, 0.15) is 12.2 Å². The summed E-state index contributed by atoms with van der Waals surface area (Å²) in [6.45, 7) is 2.19. The smallest absolute Gasteiger partial charge is 0.220 e. The Hall–Kier alpha value is -0.990. The average Bonchev–Trinajstić information content (AvgIpc) is 2.89. The Bertz CT molecular complexity index is 553. The number of ether oxygens (including phenoxy) is 1. The molecular formula is C11H18N4O3S. The fourth-order valence-electron chi connectivity index (χ4n) is 2.55. The molecule has 1 aliphatic heterocycles. The summed E-state index contributed by atoms with van der Waals surface area (Å²) in [5.74, 6) is 0.590. The maximum absolute atomic E-state index is 12.7. The number of rotatable bonds is 4. The molecular weight excluding hydrogens is 268 g/mol. The minimum atomic E-state index is -3.32. The van der Waals surface area contributed by atoms with Crippen LogP contribution in [0.3, 0.4) is 0 Å². The molecule has 106 valence electrons. The summed E-state index contributed by atoms with van der Waals surface area (Å²) >= 11 is 0. The first kappa shape index (κ1) is 13.0. The number of methoxy groups -OCH3 is 1. The van der Waals surface area contributed by atoms with Gasteiger partial charge in [-0.15, -0.1) is 0 Å². The fourth-order valence-corrected chi connectivity index (χ4v) is 4.61. The number of nitrogens with one attached hydrogen (secondary N) is 1. The summed E-state index contributed by atoms with van der Waals surface area (Å²) in [6.07, 6.45) is 3.38. The first-order valence-corrected chi connectivity index (χ1v) is 7.81. The molecule has 0 spiro atoms. The third-order valence-electron chi connectivity index (χ3n) is 4.19. The van der Waals surface area contributed by atoms with Crippen molar-refractivity contribution in [3.8, 4) is 0 Å². The second-order valence-electron chi connectivity index (χ2n) is 5.50. The monoisotopic (exact) mass is 286 g/mol. The van der Waals surface area contributed by atoms with Crippen LogP contribution < -0.4 is 0 Å². The number of hydrogen-bond donors (Lipinski definition) is 1. The molecule has 0 amide bonds. The van der Waals surface area contributed by atoms with Gasteiger partial charge < -0.3 is 4.74 Å². The highest BCUT2D eigenvalue weighted by atomic mass is 32.2. The Morgan fingerprint density at radius 2 is 2.26 bits per heavy atom. The van der Waals surface area contributed by atoms with Crippen molar-refractivity contribution in [2.45, 2.75) is 43.1 Å². The Kier molecular flexibility index (Phi) is 2.91. The third kappa shape index (κ3) is 1.98. The topological polar surface area (TPSA) is 88.2 Å². The third-order valence-corrected chi connectivity index (χ3v) is 6.86. The minimum absolute atomic E-state index is 0.0905. The SMILES string of the molecule is CO[C@@H]1C[C@@H](c2ncn[nH]2)N(S(=O)(=O)C2(C)CC2)C1. The van der Waals surface area contributed by atoms with Crippen molar-refractivity contribution >= 4 is 10.0 Å². The van der Waals surface area contributed by atoms with Gasteiger partial charge in [0, 0.05) is 13.7 Å². The summed E-state index contributed by atoms with van der Waals surface area (Å²) < 4.78 is 31.6. The number of nitrogens with zero attached hydrogens (tertiary/aromatic N) is 3. The number of aromatic amines is 1. The molecule has 7 nitrogen and oxygen atoms in total. The highest BCUT2D eigenvalue weighted by Gasteiger charge is 2.56. The first-order chi connectivity index (χ1) is 8.98. The lowest BCUT2D eigenvalue weighted by Gasteiger charge is -2.25. The second-order valence-corrected chi connectivity index (χ2v) is 7.91. The highest BCUT2D eigenvalue weighted by Crippen LogP contribution is 2.48. The zero-order valence-electron chi connectivity index (χ0n) is 11.0. The van der Waals surface area contributed by atoms with E-state index in [-0.39, 0.29) is 12.1 Å². The van der Waals surface area contributed by atoms with Gasteiger partial charge in [0.15, 0.2) is 0 Å². The van der Waals surface area contributed by atoms with E-state index in [1.807, 2.05) is 0 Å². The normalized spacial score (nSPS) is 30.6. The maximum Gasteiger partial charge on any atom is 0.220 e. The largest absolute Gasteiger partial charge is 0.380 e. The lowest BCUT2D eigenvalue weighted by atomic mass is 10.2. The maximum atomic E-state index is 12.7. The summed E-state index contributed by atoms with van der Waals surface area (Å²) in [5.41, 5.74) is 0. The van der Waals surface area contributed by atoms with Crippen LogP contribution in [0.4, 0.5) is 0 Å². The molecule has 3 rings (SSSR count). The molecule has 1 saturated carbocycles. The van der Waals surface area contributed by atoms with Crippen LogP contribution in [-0.2, 0) is 14.8 Å². The van der Waals surface area contributed by atoms with E-state index in [2.05, 4.69) is 15.2 Å². The van der Waals surface area contributed by atoms with Gasteiger partial charge in [-0.25, -0.2) is 13.4 Å². The minimum Gasteiger partial charge on any atom is -0.380 e. The van der Waals surface area contributed by atoms with Crippen LogP contribution in [0.2, 0.25) is 0 Å². The average molecular weight is 286 g/mol. The molecule has 0 unspecified atom stereocenters. The van der Waals surface area contributed by atoms with E-state index in [0.717, 1.165) is 12.8 Å². The van der Waals surface area contributed by atoms with Gasteiger partial charge in [0.05, 0.1) is 16.9 Å². The molecule has 1 aromatic heterocycles. The van der Waals surface area contributed by atoms with Crippen LogP contribution in [0.25, 0.3) is 0 Å². The van der Waals surface area contributed by atoms with Crippen molar-refractivity contribution in [2.75, 3.05) is 13.7 Å². The molecule has 2 atom stereocenters. The quantitative estimate of drug-likeness (QED) is 0.868. The van der Waals surface area contributed by atoms with Crippen molar-refractivity contribution in [3.63, 3.8) is 0 Å². The van der Waals surface area contributed by atoms with Gasteiger partial charge in [-0.2, -0.15) is 9.40 Å². The van der Waals surface area contributed by atoms with Crippen molar-refractivity contribution in [3.05, 3.63) is 12.2 Å². The molecule has 2 heterocycles. The van der Waals surface area contributed by atoms with Gasteiger partial charge in [0.2, 0.25) is 10.0 Å². The van der Waals surface area contributed by atoms with Gasteiger partial charge in [-0.3, -0.25) is 5.10 Å². The predicted octanol–water partition coefficient (Wildman–Crippen LogP) is 0.449. The van der Waals surface area contributed by atoms with E-state index in [1.165, 1.54) is 10.6 Å². The molecule has 0 aromatic carbocycles. The van der Waals surface area contributed by atoms with Crippen LogP contribution >= 0.6 is 0 Å². The molecule has 1 aliphatic carbocycles. The molecule has 1 aromatic rings. The van der Waals surface area contributed by atoms with E-state index in [0.29, 0.717) is 18.8 Å². The Morgan fingerprint density at radius 1 is 1.53 bits per heavy atom. The summed E-state index contributed by atoms with van der Waals surface area (Å²) in [4.78, 5) is 4.10. The van der Waals surface area contributed by atoms with Crippen LogP contribution in [0.1, 0.15) is 38.1 Å². The van der Waals surface area contributed by atoms with E-state index in [9.17, 15) is 8.42 Å². The zero-order valence-corrected chi connectivity index (χ0v) is 11.9. The van der Waals surface area contributed by atoms with Gasteiger partial charge >= 0.3 is 0 Å². The lowest BCUT2D eigenvalue weighted by molar-refractivity contribution is 0.114. The van der Waals surface area contributed by atoms with Gasteiger partial charge in [-0.05, 0) is 26.2 Å². The van der Waals surface area contributed by atoms with Crippen LogP contribution in [0, 0.1) is 0 Å². The first-order valence-electron chi connectivity index (χ1n) is 6.37. The molecule has 2 fully saturated rings. The number of aromatic nitrogens is 3. The molecule has 1 saturated heterocycles. The Labute approximate surface area is 112 Å². The Morgan fingerprint density at radius 3 is 2.79 bits per heavy atom. The lowest BCUT2D eigenvalue weighted by Crippen LogP contribution is -2.39. The van der Waals surface area contributed by atoms with E-state index in [1.54, 1.807) is 14.0 Å². The van der Waals surface area contributed by atoms with Crippen molar-refractivity contribution < 1.29 is 13.2 Å². The van der Waals surface area contributed by atoms with Gasteiger partial charge in [-0.1, -0.05) is 0 Å². The summed E-state index contributed by atoms with van der Waals surface area (Å²) in [7, 11) is -1.71. The van der Waals surface area contributed by atoms with Crippen molar-refractivity contribution in [1.82, 2.24) is 19.5 Å². The Balaban J connectivity index is 1.94. The molecule has 8 heteroatoms. The highest BCUT2D eigenvalue weighted by molar-refractivity contribution is 7.90. The standard InChI is InChI=1S/C11H18N4O3S/c1-11(3-4-11)19(16,17)15-6-8(18-2)5-9(15)10-12-7-13-14-10/h7-9H,3-6H2,1-2H3,(H,12,13,14)/t8-,9+/m1/s1. The summed E-state index contributed by atoms with van der Waals surface area (Å²) in [6, 6.07) is -0.296. The van der Waals surface area contributed by atoms with Crippen molar-refractivity contribution in [1.29, 1.82) is 0 Å².